The maximum atomic E-state index is 2.48. The first-order valence-corrected chi connectivity index (χ1v) is 22.5. The van der Waals surface area contributed by atoms with E-state index in [1.165, 1.54) is 99.1 Å². The van der Waals surface area contributed by atoms with Gasteiger partial charge in [0.2, 0.25) is 0 Å². The number of hydrogen-bond donors (Lipinski definition) is 0. The van der Waals surface area contributed by atoms with E-state index in [1.54, 1.807) is 0 Å². The summed E-state index contributed by atoms with van der Waals surface area (Å²) < 4.78 is 2.48. The average Bonchev–Trinajstić information content (AvgIpc) is 3.73. The SMILES string of the molecule is c1ccc(-c2ccc(-c3ccc(N(Cc4ccccc4-c4cccc(-c5cccc6c5c5ccccc5n6-c5cc6ccccc6c6ccccc56)c4)c4ccccc4)cc3)cc2)cc1. The van der Waals surface area contributed by atoms with Crippen molar-refractivity contribution in [3.63, 3.8) is 0 Å². The molecule has 2 heteroatoms. The van der Waals surface area contributed by atoms with Gasteiger partial charge >= 0.3 is 0 Å². The van der Waals surface area contributed by atoms with E-state index in [0.29, 0.717) is 6.54 Å². The van der Waals surface area contributed by atoms with E-state index in [2.05, 4.69) is 264 Å². The van der Waals surface area contributed by atoms with Gasteiger partial charge in [0.05, 0.1) is 16.7 Å². The number of para-hydroxylation sites is 2. The van der Waals surface area contributed by atoms with Gasteiger partial charge in [0.1, 0.15) is 0 Å². The van der Waals surface area contributed by atoms with Crippen LogP contribution in [-0.4, -0.2) is 4.57 Å². The number of hydrogen-bond acceptors (Lipinski definition) is 1. The smallest absolute Gasteiger partial charge is 0.0547 e. The van der Waals surface area contributed by atoms with E-state index in [-0.39, 0.29) is 0 Å². The van der Waals surface area contributed by atoms with Crippen LogP contribution in [0.2, 0.25) is 0 Å². The zero-order chi connectivity index (χ0) is 43.1. The Balaban J connectivity index is 0.922. The first-order chi connectivity index (χ1) is 32.2. The average molecular weight is 829 g/mol. The minimum atomic E-state index is 0.707. The van der Waals surface area contributed by atoms with Crippen LogP contribution in [0.1, 0.15) is 5.56 Å². The standard InChI is InChI=1S/C63H44N2/c1-3-17-44(18-4-1)45-33-35-46(36-34-45)47-37-39-53(40-38-47)64(52-23-5-2-6-24-52)43-51-20-8-9-25-54(51)48-21-15-22-49(41-48)56-30-16-32-61-63(56)59-29-13-14-31-60(59)65(61)62-42-50-19-7-10-26-55(50)57-27-11-12-28-58(57)62/h1-42H,43H2. The molecule has 12 rings (SSSR count). The van der Waals surface area contributed by atoms with Crippen LogP contribution in [0, 0.1) is 0 Å². The van der Waals surface area contributed by atoms with Gasteiger partial charge in [-0.2, -0.15) is 0 Å². The molecule has 65 heavy (non-hydrogen) atoms. The number of rotatable bonds is 9. The van der Waals surface area contributed by atoms with Gasteiger partial charge in [-0.15, -0.1) is 0 Å². The van der Waals surface area contributed by atoms with Gasteiger partial charge in [0.25, 0.3) is 0 Å². The molecule has 0 saturated carbocycles. The van der Waals surface area contributed by atoms with Crippen molar-refractivity contribution >= 4 is 54.7 Å². The highest BCUT2D eigenvalue weighted by Gasteiger charge is 2.20. The van der Waals surface area contributed by atoms with Crippen LogP contribution in [0.25, 0.3) is 93.5 Å². The van der Waals surface area contributed by atoms with Crippen molar-refractivity contribution < 1.29 is 0 Å². The number of benzene rings is 11. The Hall–Kier alpha value is -8.46. The fourth-order valence-electron chi connectivity index (χ4n) is 9.96. The molecule has 306 valence electrons. The van der Waals surface area contributed by atoms with Crippen LogP contribution in [-0.2, 0) is 6.54 Å². The summed E-state index contributed by atoms with van der Waals surface area (Å²) in [4.78, 5) is 2.43. The molecule has 0 aliphatic carbocycles. The topological polar surface area (TPSA) is 8.17 Å². The summed E-state index contributed by atoms with van der Waals surface area (Å²) in [7, 11) is 0. The first-order valence-electron chi connectivity index (χ1n) is 22.5. The minimum Gasteiger partial charge on any atom is -0.337 e. The summed E-state index contributed by atoms with van der Waals surface area (Å²) in [5, 5.41) is 7.53. The van der Waals surface area contributed by atoms with Crippen LogP contribution in [0.3, 0.4) is 0 Å². The number of anilines is 2. The predicted octanol–water partition coefficient (Wildman–Crippen LogP) is 17.1. The molecule has 12 aromatic rings. The lowest BCUT2D eigenvalue weighted by Crippen LogP contribution is -2.17. The molecule has 0 radical (unpaired) electrons. The third kappa shape index (κ3) is 6.93. The molecule has 0 aliphatic rings. The van der Waals surface area contributed by atoms with Crippen LogP contribution in [0.4, 0.5) is 11.4 Å². The zero-order valence-electron chi connectivity index (χ0n) is 35.9. The van der Waals surface area contributed by atoms with E-state index in [9.17, 15) is 0 Å². The Bertz CT molecular complexity index is 3660. The molecule has 0 atom stereocenters. The molecule has 11 aromatic carbocycles. The van der Waals surface area contributed by atoms with Gasteiger partial charge in [-0.05, 0) is 115 Å². The summed E-state index contributed by atoms with van der Waals surface area (Å²) in [6.45, 7) is 0.707. The fraction of sp³-hybridized carbons (Fsp3) is 0.0159. The normalized spacial score (nSPS) is 11.4. The lowest BCUT2D eigenvalue weighted by atomic mass is 9.93. The van der Waals surface area contributed by atoms with Crippen molar-refractivity contribution in [1.29, 1.82) is 0 Å². The van der Waals surface area contributed by atoms with Crippen molar-refractivity contribution in [3.8, 4) is 50.2 Å². The van der Waals surface area contributed by atoms with Crippen molar-refractivity contribution in [3.05, 3.63) is 260 Å². The van der Waals surface area contributed by atoms with Crippen molar-refractivity contribution in [2.45, 2.75) is 6.54 Å². The molecule has 0 amide bonds. The Morgan fingerprint density at radius 3 is 1.55 bits per heavy atom. The van der Waals surface area contributed by atoms with Gasteiger partial charge < -0.3 is 9.47 Å². The largest absolute Gasteiger partial charge is 0.337 e. The highest BCUT2D eigenvalue weighted by atomic mass is 15.1. The summed E-state index contributed by atoms with van der Waals surface area (Å²) >= 11 is 0. The molecule has 2 nitrogen and oxygen atoms in total. The fourth-order valence-corrected chi connectivity index (χ4v) is 9.96. The Kier molecular flexibility index (Phi) is 9.61. The Labute approximate surface area is 379 Å². The Morgan fingerprint density at radius 1 is 0.308 bits per heavy atom. The molecule has 0 aliphatic heterocycles. The van der Waals surface area contributed by atoms with Crippen LogP contribution in [0.15, 0.2) is 255 Å². The molecule has 0 fully saturated rings. The second-order valence-electron chi connectivity index (χ2n) is 16.9. The lowest BCUT2D eigenvalue weighted by Gasteiger charge is -2.27. The van der Waals surface area contributed by atoms with E-state index < -0.39 is 0 Å². The van der Waals surface area contributed by atoms with E-state index in [1.807, 2.05) is 0 Å². The second-order valence-corrected chi connectivity index (χ2v) is 16.9. The second kappa shape index (κ2) is 16.3. The molecule has 1 aromatic heterocycles. The van der Waals surface area contributed by atoms with E-state index >= 15 is 0 Å². The van der Waals surface area contributed by atoms with Gasteiger partial charge in [0, 0.05) is 34.1 Å². The molecule has 0 unspecified atom stereocenters. The summed E-state index contributed by atoms with van der Waals surface area (Å²) in [6, 6.07) is 92.9. The maximum absolute atomic E-state index is 2.48. The third-order valence-electron chi connectivity index (χ3n) is 13.1. The number of nitrogens with zero attached hydrogens (tertiary/aromatic N) is 2. The van der Waals surface area contributed by atoms with E-state index in [4.69, 9.17) is 0 Å². The number of fused-ring (bicyclic) bond motifs is 6. The summed E-state index contributed by atoms with van der Waals surface area (Å²) in [6.07, 6.45) is 0. The van der Waals surface area contributed by atoms with Gasteiger partial charge in [0.15, 0.2) is 0 Å². The third-order valence-corrected chi connectivity index (χ3v) is 13.1. The molecule has 0 saturated heterocycles. The molecule has 0 spiro atoms. The Morgan fingerprint density at radius 2 is 0.800 bits per heavy atom. The summed E-state index contributed by atoms with van der Waals surface area (Å²) in [5.74, 6) is 0. The van der Waals surface area contributed by atoms with Gasteiger partial charge in [-0.25, -0.2) is 0 Å². The van der Waals surface area contributed by atoms with Crippen LogP contribution >= 0.6 is 0 Å². The minimum absolute atomic E-state index is 0.707. The summed E-state index contributed by atoms with van der Waals surface area (Å²) in [5.41, 5.74) is 16.8. The highest BCUT2D eigenvalue weighted by molar-refractivity contribution is 6.18. The van der Waals surface area contributed by atoms with Crippen molar-refractivity contribution in [1.82, 2.24) is 4.57 Å². The molecule has 0 N–H and O–H groups in total. The van der Waals surface area contributed by atoms with E-state index in [0.717, 1.165) is 11.4 Å². The molecular formula is C63H44N2. The number of aromatic nitrogens is 1. The molecule has 0 bridgehead atoms. The highest BCUT2D eigenvalue weighted by Crippen LogP contribution is 2.42. The van der Waals surface area contributed by atoms with Gasteiger partial charge in [-0.1, -0.05) is 206 Å². The molecule has 1 heterocycles. The molecular weight excluding hydrogens is 785 g/mol. The maximum Gasteiger partial charge on any atom is 0.0547 e. The van der Waals surface area contributed by atoms with Crippen LogP contribution < -0.4 is 4.90 Å². The van der Waals surface area contributed by atoms with Gasteiger partial charge in [-0.3, -0.25) is 0 Å². The van der Waals surface area contributed by atoms with Crippen molar-refractivity contribution in [2.75, 3.05) is 4.90 Å². The van der Waals surface area contributed by atoms with Crippen LogP contribution in [0.5, 0.6) is 0 Å². The first kappa shape index (κ1) is 38.2. The lowest BCUT2D eigenvalue weighted by molar-refractivity contribution is 0.977. The zero-order valence-corrected chi connectivity index (χ0v) is 35.9. The van der Waals surface area contributed by atoms with Crippen molar-refractivity contribution in [2.24, 2.45) is 0 Å². The predicted molar refractivity (Wildman–Crippen MR) is 276 cm³/mol. The monoisotopic (exact) mass is 828 g/mol. The quantitative estimate of drug-likeness (QED) is 0.132.